The first-order chi connectivity index (χ1) is 8.09. The van der Waals surface area contributed by atoms with Crippen molar-refractivity contribution >= 4 is 23.5 Å². The maximum absolute atomic E-state index is 11.6. The highest BCUT2D eigenvalue weighted by Crippen LogP contribution is 2.22. The van der Waals surface area contributed by atoms with Crippen LogP contribution in [-0.4, -0.2) is 22.9 Å². The molecule has 0 saturated carbocycles. The lowest BCUT2D eigenvalue weighted by Gasteiger charge is -2.24. The fraction of sp³-hybridized carbons (Fsp3) is 0.250. The van der Waals surface area contributed by atoms with Crippen LogP contribution in [0.5, 0.6) is 0 Å². The van der Waals surface area contributed by atoms with Crippen LogP contribution in [0.3, 0.4) is 0 Å². The van der Waals surface area contributed by atoms with Crippen molar-refractivity contribution < 1.29 is 19.5 Å². The topological polar surface area (TPSA) is 74.7 Å². The number of anilines is 1. The monoisotopic (exact) mass is 233 g/mol. The lowest BCUT2D eigenvalue weighted by molar-refractivity contribution is -0.129. The molecule has 1 saturated heterocycles. The summed E-state index contributed by atoms with van der Waals surface area (Å²) in [5, 5.41) is 8.85. The van der Waals surface area contributed by atoms with Gasteiger partial charge in [-0.05, 0) is 24.6 Å². The fourth-order valence-corrected chi connectivity index (χ4v) is 1.82. The lowest BCUT2D eigenvalue weighted by Crippen LogP contribution is -2.40. The van der Waals surface area contributed by atoms with E-state index in [-0.39, 0.29) is 17.4 Å². The van der Waals surface area contributed by atoms with E-state index in [9.17, 15) is 14.4 Å². The van der Waals surface area contributed by atoms with Gasteiger partial charge in [0, 0.05) is 12.8 Å². The van der Waals surface area contributed by atoms with Gasteiger partial charge in [0.15, 0.2) is 0 Å². The predicted molar refractivity (Wildman–Crippen MR) is 59.7 cm³/mol. The minimum atomic E-state index is -1.08. The first-order valence-electron chi connectivity index (χ1n) is 5.29. The summed E-state index contributed by atoms with van der Waals surface area (Å²) in [6.07, 6.45) is 1.21. The second kappa shape index (κ2) is 4.37. The van der Waals surface area contributed by atoms with Crippen LogP contribution >= 0.6 is 0 Å². The van der Waals surface area contributed by atoms with E-state index >= 15 is 0 Å². The molecule has 5 heteroatoms. The van der Waals surface area contributed by atoms with Gasteiger partial charge in [0.25, 0.3) is 0 Å². The summed E-state index contributed by atoms with van der Waals surface area (Å²) in [6, 6.07) is 5.84. The molecule has 1 heterocycles. The van der Waals surface area contributed by atoms with Crippen molar-refractivity contribution in [2.45, 2.75) is 19.3 Å². The number of imide groups is 1. The Labute approximate surface area is 97.7 Å². The van der Waals surface area contributed by atoms with E-state index in [0.717, 1.165) is 4.90 Å². The van der Waals surface area contributed by atoms with Gasteiger partial charge in [-0.2, -0.15) is 0 Å². The number of hydrogen-bond acceptors (Lipinski definition) is 3. The zero-order chi connectivity index (χ0) is 12.4. The summed E-state index contributed by atoms with van der Waals surface area (Å²) >= 11 is 0. The normalized spacial score (nSPS) is 16.1. The summed E-state index contributed by atoms with van der Waals surface area (Å²) < 4.78 is 0. The first kappa shape index (κ1) is 11.3. The Hall–Kier alpha value is -2.17. The van der Waals surface area contributed by atoms with Gasteiger partial charge in [-0.3, -0.25) is 14.5 Å². The Kier molecular flexibility index (Phi) is 2.91. The maximum atomic E-state index is 11.6. The van der Waals surface area contributed by atoms with Crippen molar-refractivity contribution in [2.24, 2.45) is 0 Å². The average Bonchev–Trinajstić information content (AvgIpc) is 2.29. The van der Waals surface area contributed by atoms with Crippen LogP contribution in [-0.2, 0) is 9.59 Å². The Balaban J connectivity index is 2.38. The van der Waals surface area contributed by atoms with Crippen molar-refractivity contribution in [1.29, 1.82) is 0 Å². The molecular formula is C12H11NO4. The number of aromatic carboxylic acids is 1. The Morgan fingerprint density at radius 3 is 2.41 bits per heavy atom. The zero-order valence-electron chi connectivity index (χ0n) is 9.05. The number of carboxylic acids is 1. The molecule has 2 rings (SSSR count). The molecule has 0 spiro atoms. The van der Waals surface area contributed by atoms with Gasteiger partial charge >= 0.3 is 5.97 Å². The standard InChI is InChI=1S/C12H11NO4/c14-10-5-2-6-11(15)13(10)9-4-1-3-8(7-9)12(16)17/h1,3-4,7H,2,5-6H2,(H,16,17). The third-order valence-corrected chi connectivity index (χ3v) is 2.63. The van der Waals surface area contributed by atoms with Crippen molar-refractivity contribution in [3.05, 3.63) is 29.8 Å². The van der Waals surface area contributed by atoms with E-state index in [0.29, 0.717) is 24.9 Å². The molecule has 17 heavy (non-hydrogen) atoms. The van der Waals surface area contributed by atoms with Crippen molar-refractivity contribution in [3.63, 3.8) is 0 Å². The Morgan fingerprint density at radius 1 is 1.18 bits per heavy atom. The molecule has 1 aromatic carbocycles. The highest BCUT2D eigenvalue weighted by atomic mass is 16.4. The van der Waals surface area contributed by atoms with Gasteiger partial charge in [0.05, 0.1) is 11.3 Å². The summed E-state index contributed by atoms with van der Waals surface area (Å²) in [5.41, 5.74) is 0.397. The second-order valence-corrected chi connectivity index (χ2v) is 3.83. The third-order valence-electron chi connectivity index (χ3n) is 2.63. The molecule has 1 N–H and O–H groups in total. The molecule has 0 atom stereocenters. The second-order valence-electron chi connectivity index (χ2n) is 3.83. The predicted octanol–water partition coefficient (Wildman–Crippen LogP) is 1.43. The molecule has 0 aliphatic carbocycles. The highest BCUT2D eigenvalue weighted by Gasteiger charge is 2.27. The molecule has 5 nitrogen and oxygen atoms in total. The van der Waals surface area contributed by atoms with E-state index in [1.807, 2.05) is 0 Å². The first-order valence-corrected chi connectivity index (χ1v) is 5.29. The molecule has 0 bridgehead atoms. The largest absolute Gasteiger partial charge is 0.478 e. The van der Waals surface area contributed by atoms with Crippen LogP contribution in [0.1, 0.15) is 29.6 Å². The number of hydrogen-bond donors (Lipinski definition) is 1. The minimum Gasteiger partial charge on any atom is -0.478 e. The van der Waals surface area contributed by atoms with Gasteiger partial charge in [0.2, 0.25) is 11.8 Å². The van der Waals surface area contributed by atoms with Gasteiger partial charge in [-0.1, -0.05) is 6.07 Å². The number of nitrogens with zero attached hydrogens (tertiary/aromatic N) is 1. The summed E-state index contributed by atoms with van der Waals surface area (Å²) in [6.45, 7) is 0. The van der Waals surface area contributed by atoms with Crippen molar-refractivity contribution in [3.8, 4) is 0 Å². The molecule has 1 aromatic rings. The smallest absolute Gasteiger partial charge is 0.335 e. The van der Waals surface area contributed by atoms with Crippen LogP contribution in [0.25, 0.3) is 0 Å². The van der Waals surface area contributed by atoms with Crippen LogP contribution in [0, 0.1) is 0 Å². The van der Waals surface area contributed by atoms with Crippen molar-refractivity contribution in [2.75, 3.05) is 4.90 Å². The molecular weight excluding hydrogens is 222 g/mol. The molecule has 0 radical (unpaired) electrons. The number of carbonyl (C=O) groups is 3. The molecule has 1 aliphatic rings. The van der Waals surface area contributed by atoms with Crippen molar-refractivity contribution in [1.82, 2.24) is 0 Å². The SMILES string of the molecule is O=C(O)c1cccc(N2C(=O)CCCC2=O)c1. The average molecular weight is 233 g/mol. The minimum absolute atomic E-state index is 0.0636. The number of benzene rings is 1. The third kappa shape index (κ3) is 2.18. The number of carboxylic acid groups (broad SMARTS) is 1. The number of rotatable bonds is 2. The van der Waals surface area contributed by atoms with E-state index in [1.165, 1.54) is 18.2 Å². The molecule has 0 aromatic heterocycles. The summed E-state index contributed by atoms with van der Waals surface area (Å²) in [4.78, 5) is 35.2. The molecule has 2 amide bonds. The Bertz CT molecular complexity index is 479. The van der Waals surface area contributed by atoms with Gasteiger partial charge in [-0.15, -0.1) is 0 Å². The highest BCUT2D eigenvalue weighted by molar-refractivity contribution is 6.16. The maximum Gasteiger partial charge on any atom is 0.335 e. The summed E-state index contributed by atoms with van der Waals surface area (Å²) in [7, 11) is 0. The van der Waals surface area contributed by atoms with Gasteiger partial charge in [-0.25, -0.2) is 4.79 Å². The van der Waals surface area contributed by atoms with Crippen LogP contribution in [0.4, 0.5) is 5.69 Å². The quantitative estimate of drug-likeness (QED) is 0.784. The van der Waals surface area contributed by atoms with Gasteiger partial charge < -0.3 is 5.11 Å². The number of carbonyl (C=O) groups excluding carboxylic acids is 2. The Morgan fingerprint density at radius 2 is 1.82 bits per heavy atom. The van der Waals surface area contributed by atoms with Crippen LogP contribution in [0.15, 0.2) is 24.3 Å². The molecule has 1 fully saturated rings. The van der Waals surface area contributed by atoms with E-state index in [2.05, 4.69) is 0 Å². The van der Waals surface area contributed by atoms with E-state index in [4.69, 9.17) is 5.11 Å². The lowest BCUT2D eigenvalue weighted by atomic mass is 10.1. The summed E-state index contributed by atoms with van der Waals surface area (Å²) in [5.74, 6) is -1.63. The van der Waals surface area contributed by atoms with E-state index in [1.54, 1.807) is 6.07 Å². The molecule has 0 unspecified atom stereocenters. The number of amides is 2. The molecule has 1 aliphatic heterocycles. The van der Waals surface area contributed by atoms with Crippen LogP contribution in [0.2, 0.25) is 0 Å². The van der Waals surface area contributed by atoms with E-state index < -0.39 is 5.97 Å². The zero-order valence-corrected chi connectivity index (χ0v) is 9.05. The van der Waals surface area contributed by atoms with Crippen LogP contribution < -0.4 is 4.90 Å². The van der Waals surface area contributed by atoms with Gasteiger partial charge in [0.1, 0.15) is 0 Å². The fourth-order valence-electron chi connectivity index (χ4n) is 1.82. The number of piperidine rings is 1. The molecule has 88 valence electrons.